The largest absolute Gasteiger partial charge is 0.352 e. The third-order valence-corrected chi connectivity index (χ3v) is 4.60. The monoisotopic (exact) mass is 399 g/mol. The summed E-state index contributed by atoms with van der Waals surface area (Å²) in [7, 11) is 0. The molecule has 0 aliphatic carbocycles. The number of hydrogen-bond acceptors (Lipinski definition) is 5. The van der Waals surface area contributed by atoms with E-state index in [0.717, 1.165) is 16.9 Å². The first-order chi connectivity index (χ1) is 13.5. The van der Waals surface area contributed by atoms with Gasteiger partial charge in [0.1, 0.15) is 10.8 Å². The van der Waals surface area contributed by atoms with Crippen LogP contribution in [-0.2, 0) is 17.8 Å². The van der Waals surface area contributed by atoms with Crippen molar-refractivity contribution in [2.24, 2.45) is 0 Å². The lowest BCUT2D eigenvalue weighted by Gasteiger charge is -2.06. The molecule has 0 aliphatic heterocycles. The molecule has 0 aliphatic rings. The lowest BCUT2D eigenvalue weighted by atomic mass is 10.2. The summed E-state index contributed by atoms with van der Waals surface area (Å²) < 4.78 is 13.5. The molecule has 28 heavy (non-hydrogen) atoms. The zero-order valence-electron chi connectivity index (χ0n) is 15.0. The van der Waals surface area contributed by atoms with Gasteiger partial charge in [0, 0.05) is 12.2 Å². The van der Waals surface area contributed by atoms with Gasteiger partial charge in [0.15, 0.2) is 0 Å². The fourth-order valence-corrected chi connectivity index (χ4v) is 3.04. The maximum absolute atomic E-state index is 13.5. The molecule has 1 aromatic heterocycles. The predicted octanol–water partition coefficient (Wildman–Crippen LogP) is 3.49. The van der Waals surface area contributed by atoms with Crippen LogP contribution in [0.2, 0.25) is 0 Å². The van der Waals surface area contributed by atoms with Crippen molar-refractivity contribution >= 4 is 34.1 Å². The second-order valence-electron chi connectivity index (χ2n) is 5.98. The van der Waals surface area contributed by atoms with Crippen molar-refractivity contribution in [2.75, 3.05) is 10.6 Å². The highest BCUT2D eigenvalue weighted by Crippen LogP contribution is 2.17. The number of nitrogens with zero attached hydrogens (tertiary/aromatic N) is 2. The van der Waals surface area contributed by atoms with E-state index in [0.29, 0.717) is 22.8 Å². The molecular weight excluding hydrogens is 381 g/mol. The molecule has 3 rings (SSSR count). The molecule has 0 unspecified atom stereocenters. The number of nitrogens with one attached hydrogen (secondary N) is 3. The first-order valence-corrected chi connectivity index (χ1v) is 9.28. The molecule has 0 saturated carbocycles. The lowest BCUT2D eigenvalue weighted by molar-refractivity contribution is -0.120. The number of halogens is 1. The van der Waals surface area contributed by atoms with Crippen LogP contribution in [0.1, 0.15) is 16.1 Å². The molecule has 0 spiro atoms. The Balaban J connectivity index is 1.48. The van der Waals surface area contributed by atoms with E-state index in [4.69, 9.17) is 0 Å². The molecule has 2 aromatic carbocycles. The maximum atomic E-state index is 13.5. The minimum absolute atomic E-state index is 0.0664. The molecular formula is C19H18FN5O2S. The number of benzene rings is 2. The van der Waals surface area contributed by atoms with Gasteiger partial charge in [0.05, 0.1) is 6.42 Å². The van der Waals surface area contributed by atoms with Gasteiger partial charge in [0.25, 0.3) is 0 Å². The van der Waals surface area contributed by atoms with Gasteiger partial charge in [-0.2, -0.15) is 0 Å². The third-order valence-electron chi connectivity index (χ3n) is 3.76. The number of carbonyl (C=O) groups excluding carboxylic acids is 2. The SMILES string of the molecule is Cc1ccc(NC(=O)Nc2nnc(CC(=O)NCc3ccccc3)s2)cc1F. The first-order valence-electron chi connectivity index (χ1n) is 8.47. The van der Waals surface area contributed by atoms with Gasteiger partial charge in [-0.25, -0.2) is 9.18 Å². The van der Waals surface area contributed by atoms with Crippen molar-refractivity contribution in [3.8, 4) is 0 Å². The molecule has 0 atom stereocenters. The Hall–Kier alpha value is -3.33. The van der Waals surface area contributed by atoms with E-state index < -0.39 is 11.8 Å². The number of urea groups is 1. The Morgan fingerprint density at radius 3 is 2.61 bits per heavy atom. The number of amides is 3. The minimum atomic E-state index is -0.570. The molecule has 3 amide bonds. The van der Waals surface area contributed by atoms with Gasteiger partial charge >= 0.3 is 6.03 Å². The molecule has 0 saturated heterocycles. The van der Waals surface area contributed by atoms with Crippen molar-refractivity contribution in [3.05, 3.63) is 70.5 Å². The van der Waals surface area contributed by atoms with E-state index in [1.807, 2.05) is 30.3 Å². The van der Waals surface area contributed by atoms with Crippen LogP contribution in [-0.4, -0.2) is 22.1 Å². The molecule has 9 heteroatoms. The zero-order chi connectivity index (χ0) is 19.9. The predicted molar refractivity (Wildman–Crippen MR) is 106 cm³/mol. The van der Waals surface area contributed by atoms with Crippen molar-refractivity contribution < 1.29 is 14.0 Å². The van der Waals surface area contributed by atoms with Gasteiger partial charge < -0.3 is 10.6 Å². The lowest BCUT2D eigenvalue weighted by Crippen LogP contribution is -2.24. The summed E-state index contributed by atoms with van der Waals surface area (Å²) in [6.07, 6.45) is 0.0664. The second-order valence-corrected chi connectivity index (χ2v) is 7.05. The van der Waals surface area contributed by atoms with Gasteiger partial charge in [-0.1, -0.05) is 47.7 Å². The summed E-state index contributed by atoms with van der Waals surface area (Å²) in [5.41, 5.74) is 1.82. The summed E-state index contributed by atoms with van der Waals surface area (Å²) >= 11 is 1.10. The molecule has 0 fully saturated rings. The van der Waals surface area contributed by atoms with E-state index in [2.05, 4.69) is 26.1 Å². The minimum Gasteiger partial charge on any atom is -0.352 e. The Bertz CT molecular complexity index is 977. The fraction of sp³-hybridized carbons (Fsp3) is 0.158. The van der Waals surface area contributed by atoms with E-state index in [1.165, 1.54) is 6.07 Å². The number of rotatable bonds is 6. The van der Waals surface area contributed by atoms with Gasteiger partial charge in [0.2, 0.25) is 11.0 Å². The topological polar surface area (TPSA) is 96.0 Å². The van der Waals surface area contributed by atoms with Crippen LogP contribution in [0.25, 0.3) is 0 Å². The van der Waals surface area contributed by atoms with Crippen molar-refractivity contribution in [2.45, 2.75) is 19.9 Å². The summed E-state index contributed by atoms with van der Waals surface area (Å²) in [4.78, 5) is 24.0. The highest BCUT2D eigenvalue weighted by atomic mass is 32.1. The Morgan fingerprint density at radius 2 is 1.86 bits per heavy atom. The van der Waals surface area contributed by atoms with Crippen molar-refractivity contribution in [3.63, 3.8) is 0 Å². The molecule has 144 valence electrons. The standard InChI is InChI=1S/C19H18FN5O2S/c1-12-7-8-14(9-15(12)20)22-18(27)23-19-25-24-17(28-19)10-16(26)21-11-13-5-3-2-4-6-13/h2-9H,10-11H2,1H3,(H,21,26)(H2,22,23,25,27). The van der Waals surface area contributed by atoms with Crippen LogP contribution in [0.3, 0.4) is 0 Å². The Kier molecular flexibility index (Phi) is 6.28. The molecule has 3 aromatic rings. The number of anilines is 2. The number of aryl methyl sites for hydroxylation is 1. The van der Waals surface area contributed by atoms with E-state index in [1.54, 1.807) is 19.1 Å². The quantitative estimate of drug-likeness (QED) is 0.591. The average molecular weight is 399 g/mol. The highest BCUT2D eigenvalue weighted by molar-refractivity contribution is 7.15. The van der Waals surface area contributed by atoms with E-state index in [9.17, 15) is 14.0 Å². The number of hydrogen-bond donors (Lipinski definition) is 3. The number of carbonyl (C=O) groups is 2. The van der Waals surface area contributed by atoms with E-state index >= 15 is 0 Å². The molecule has 1 heterocycles. The summed E-state index contributed by atoms with van der Waals surface area (Å²) in [5.74, 6) is -0.594. The molecule has 7 nitrogen and oxygen atoms in total. The fourth-order valence-electron chi connectivity index (χ4n) is 2.30. The van der Waals surface area contributed by atoms with Crippen LogP contribution in [0.4, 0.5) is 20.0 Å². The average Bonchev–Trinajstić information content (AvgIpc) is 3.10. The van der Waals surface area contributed by atoms with Crippen LogP contribution >= 0.6 is 11.3 Å². The molecule has 3 N–H and O–H groups in total. The molecule has 0 radical (unpaired) electrons. The van der Waals surface area contributed by atoms with Crippen molar-refractivity contribution in [1.29, 1.82) is 0 Å². The summed E-state index contributed by atoms with van der Waals surface area (Å²) in [5, 5.41) is 16.3. The molecule has 0 bridgehead atoms. The Morgan fingerprint density at radius 1 is 1.07 bits per heavy atom. The normalized spacial score (nSPS) is 10.4. The summed E-state index contributed by atoms with van der Waals surface area (Å²) in [6.45, 7) is 2.07. The highest BCUT2D eigenvalue weighted by Gasteiger charge is 2.12. The first kappa shape index (κ1) is 19.4. The smallest absolute Gasteiger partial charge is 0.325 e. The van der Waals surface area contributed by atoms with Crippen LogP contribution < -0.4 is 16.0 Å². The van der Waals surface area contributed by atoms with Crippen LogP contribution in [0, 0.1) is 12.7 Å². The Labute approximate surface area is 165 Å². The van der Waals surface area contributed by atoms with Gasteiger partial charge in [-0.3, -0.25) is 10.1 Å². The maximum Gasteiger partial charge on any atom is 0.325 e. The summed E-state index contributed by atoms with van der Waals surface area (Å²) in [6, 6.07) is 13.4. The van der Waals surface area contributed by atoms with Gasteiger partial charge in [-0.05, 0) is 30.2 Å². The second kappa shape index (κ2) is 9.05. The van der Waals surface area contributed by atoms with E-state index in [-0.39, 0.29) is 17.5 Å². The van der Waals surface area contributed by atoms with Crippen molar-refractivity contribution in [1.82, 2.24) is 15.5 Å². The van der Waals surface area contributed by atoms with Gasteiger partial charge in [-0.15, -0.1) is 10.2 Å². The van der Waals surface area contributed by atoms with Crippen LogP contribution in [0.15, 0.2) is 48.5 Å². The number of aromatic nitrogens is 2. The third kappa shape index (κ3) is 5.58. The van der Waals surface area contributed by atoms with Crippen LogP contribution in [0.5, 0.6) is 0 Å². The zero-order valence-corrected chi connectivity index (χ0v) is 15.8.